The van der Waals surface area contributed by atoms with Crippen molar-refractivity contribution in [1.29, 1.82) is 0 Å². The van der Waals surface area contributed by atoms with Crippen LogP contribution in [-0.2, 0) is 16.1 Å². The number of amides is 1. The first kappa shape index (κ1) is 12.8. The first-order valence-corrected chi connectivity index (χ1v) is 5.75. The molecule has 0 spiro atoms. The summed E-state index contributed by atoms with van der Waals surface area (Å²) in [6.45, 7) is 2.01. The third-order valence-electron chi connectivity index (χ3n) is 2.06. The fourth-order valence-corrected chi connectivity index (χ4v) is 1.81. The van der Waals surface area contributed by atoms with E-state index >= 15 is 0 Å². The van der Waals surface area contributed by atoms with E-state index in [1.54, 1.807) is 0 Å². The fourth-order valence-electron chi connectivity index (χ4n) is 1.37. The Bertz CT molecular complexity index is 391. The summed E-state index contributed by atoms with van der Waals surface area (Å²) in [5.74, 6) is -0.317. The second kappa shape index (κ2) is 6.37. The minimum absolute atomic E-state index is 0.205. The molecule has 86 valence electrons. The van der Waals surface area contributed by atoms with Crippen molar-refractivity contribution in [3.63, 3.8) is 0 Å². The highest BCUT2D eigenvalue weighted by Crippen LogP contribution is 2.25. The van der Waals surface area contributed by atoms with Gasteiger partial charge in [-0.05, 0) is 18.1 Å². The highest BCUT2D eigenvalue weighted by atomic mass is 79.9. The number of carbonyl (C=O) groups excluding carboxylic acids is 1. The molecule has 1 unspecified atom stereocenters. The van der Waals surface area contributed by atoms with Gasteiger partial charge in [-0.15, -0.1) is 0 Å². The molecule has 0 fully saturated rings. The Morgan fingerprint density at radius 3 is 2.81 bits per heavy atom. The summed E-state index contributed by atoms with van der Waals surface area (Å²) in [7, 11) is 1.35. The van der Waals surface area contributed by atoms with Crippen LogP contribution in [0, 0.1) is 0 Å². The van der Waals surface area contributed by atoms with Crippen molar-refractivity contribution in [2.75, 3.05) is 7.11 Å². The standard InChI is InChI=1S/C11H13BrN2O2/c1-8(12)10-6-4-3-5-9(10)7-11(15)13-14-16-2/h3-6,8H,7H2,1-2H3. The maximum absolute atomic E-state index is 11.4. The molecule has 0 N–H and O–H groups in total. The van der Waals surface area contributed by atoms with E-state index < -0.39 is 0 Å². The van der Waals surface area contributed by atoms with Gasteiger partial charge in [-0.25, -0.2) is 0 Å². The summed E-state index contributed by atoms with van der Waals surface area (Å²) in [6.07, 6.45) is 0.235. The minimum Gasteiger partial charge on any atom is -0.383 e. The Balaban J connectivity index is 2.80. The molecule has 1 rings (SSSR count). The molecule has 5 heteroatoms. The van der Waals surface area contributed by atoms with Crippen LogP contribution in [0.4, 0.5) is 0 Å². The van der Waals surface area contributed by atoms with Crippen molar-refractivity contribution in [1.82, 2.24) is 0 Å². The molecule has 0 aromatic heterocycles. The number of hydrogen-bond acceptors (Lipinski definition) is 3. The van der Waals surface area contributed by atoms with Crippen LogP contribution in [0.1, 0.15) is 22.9 Å². The SMILES string of the molecule is CON=NC(=O)Cc1ccccc1C(C)Br. The van der Waals surface area contributed by atoms with E-state index in [0.717, 1.165) is 11.1 Å². The number of rotatable bonds is 4. The molecule has 0 aliphatic heterocycles. The van der Waals surface area contributed by atoms with Gasteiger partial charge < -0.3 is 4.84 Å². The highest BCUT2D eigenvalue weighted by molar-refractivity contribution is 9.09. The average molecular weight is 285 g/mol. The van der Waals surface area contributed by atoms with Crippen molar-refractivity contribution in [3.8, 4) is 0 Å². The molecule has 0 heterocycles. The van der Waals surface area contributed by atoms with Crippen LogP contribution in [0.2, 0.25) is 0 Å². The Labute approximate surface area is 103 Å². The molecule has 1 aromatic carbocycles. The van der Waals surface area contributed by atoms with Gasteiger partial charge in [-0.2, -0.15) is 0 Å². The van der Waals surface area contributed by atoms with Gasteiger partial charge in [0.05, 0.1) is 6.42 Å². The van der Waals surface area contributed by atoms with Crippen molar-refractivity contribution in [2.45, 2.75) is 18.2 Å². The van der Waals surface area contributed by atoms with Crippen LogP contribution >= 0.6 is 15.9 Å². The molecule has 0 saturated carbocycles. The van der Waals surface area contributed by atoms with Crippen LogP contribution in [-0.4, -0.2) is 13.0 Å². The highest BCUT2D eigenvalue weighted by Gasteiger charge is 2.10. The smallest absolute Gasteiger partial charge is 0.272 e. The van der Waals surface area contributed by atoms with Gasteiger partial charge in [-0.3, -0.25) is 4.79 Å². The third kappa shape index (κ3) is 3.73. The van der Waals surface area contributed by atoms with E-state index in [4.69, 9.17) is 0 Å². The normalized spacial score (nSPS) is 12.7. The average Bonchev–Trinajstić information content (AvgIpc) is 2.27. The maximum Gasteiger partial charge on any atom is 0.272 e. The number of alkyl halides is 1. The molecule has 0 aliphatic carbocycles. The Morgan fingerprint density at radius 2 is 2.19 bits per heavy atom. The first-order chi connectivity index (χ1) is 7.65. The van der Waals surface area contributed by atoms with Gasteiger partial charge in [0, 0.05) is 10.1 Å². The van der Waals surface area contributed by atoms with Crippen LogP contribution in [0.25, 0.3) is 0 Å². The third-order valence-corrected chi connectivity index (χ3v) is 2.55. The molecule has 0 bridgehead atoms. The molecule has 0 aliphatic rings. The van der Waals surface area contributed by atoms with E-state index in [0.29, 0.717) is 0 Å². The summed E-state index contributed by atoms with van der Waals surface area (Å²) >= 11 is 3.49. The van der Waals surface area contributed by atoms with Gasteiger partial charge in [0.1, 0.15) is 7.11 Å². The van der Waals surface area contributed by atoms with E-state index in [2.05, 4.69) is 31.2 Å². The van der Waals surface area contributed by atoms with Gasteiger partial charge in [0.25, 0.3) is 5.91 Å². The fraction of sp³-hybridized carbons (Fsp3) is 0.364. The van der Waals surface area contributed by atoms with Crippen molar-refractivity contribution in [2.24, 2.45) is 10.4 Å². The molecule has 1 aromatic rings. The second-order valence-corrected chi connectivity index (χ2v) is 4.62. The van der Waals surface area contributed by atoms with E-state index in [1.807, 2.05) is 31.2 Å². The zero-order valence-corrected chi connectivity index (χ0v) is 10.8. The summed E-state index contributed by atoms with van der Waals surface area (Å²) in [4.78, 5) is 16.0. The maximum atomic E-state index is 11.4. The molecule has 4 nitrogen and oxygen atoms in total. The van der Waals surface area contributed by atoms with Gasteiger partial charge in [-0.1, -0.05) is 45.3 Å². The molecule has 0 saturated heterocycles. The quantitative estimate of drug-likeness (QED) is 0.484. The lowest BCUT2D eigenvalue weighted by Crippen LogP contribution is -2.02. The molecule has 1 atom stereocenters. The zero-order valence-electron chi connectivity index (χ0n) is 9.18. The van der Waals surface area contributed by atoms with Gasteiger partial charge in [0.2, 0.25) is 0 Å². The summed E-state index contributed by atoms with van der Waals surface area (Å²) < 4.78 is 0. The predicted molar refractivity (Wildman–Crippen MR) is 64.4 cm³/mol. The molecular weight excluding hydrogens is 272 g/mol. The monoisotopic (exact) mass is 284 g/mol. The van der Waals surface area contributed by atoms with E-state index in [1.165, 1.54) is 7.11 Å². The number of hydrogen-bond donors (Lipinski definition) is 0. The lowest BCUT2D eigenvalue weighted by molar-refractivity contribution is -0.118. The van der Waals surface area contributed by atoms with Crippen molar-refractivity contribution in [3.05, 3.63) is 35.4 Å². The van der Waals surface area contributed by atoms with Crippen molar-refractivity contribution >= 4 is 21.8 Å². The lowest BCUT2D eigenvalue weighted by Gasteiger charge is -2.09. The predicted octanol–water partition coefficient (Wildman–Crippen LogP) is 3.23. The number of benzene rings is 1. The van der Waals surface area contributed by atoms with E-state index in [9.17, 15) is 4.79 Å². The minimum atomic E-state index is -0.317. The molecule has 0 radical (unpaired) electrons. The van der Waals surface area contributed by atoms with Gasteiger partial charge >= 0.3 is 0 Å². The molecule has 1 amide bonds. The number of nitrogens with zero attached hydrogens (tertiary/aromatic N) is 2. The summed E-state index contributed by atoms with van der Waals surface area (Å²) in [6, 6.07) is 7.73. The first-order valence-electron chi connectivity index (χ1n) is 4.84. The van der Waals surface area contributed by atoms with Crippen LogP contribution < -0.4 is 0 Å². The molecular formula is C11H13BrN2O2. The van der Waals surface area contributed by atoms with Crippen LogP contribution in [0.5, 0.6) is 0 Å². The Hall–Kier alpha value is -1.23. The second-order valence-electron chi connectivity index (χ2n) is 3.25. The van der Waals surface area contributed by atoms with Crippen LogP contribution in [0.15, 0.2) is 34.7 Å². The summed E-state index contributed by atoms with van der Waals surface area (Å²) in [5, 5.41) is 6.59. The Kier molecular flexibility index (Phi) is 5.11. The molecule has 16 heavy (non-hydrogen) atoms. The van der Waals surface area contributed by atoms with E-state index in [-0.39, 0.29) is 17.2 Å². The zero-order chi connectivity index (χ0) is 12.0. The lowest BCUT2D eigenvalue weighted by atomic mass is 10.0. The number of halogens is 1. The Morgan fingerprint density at radius 1 is 1.50 bits per heavy atom. The number of carbonyl (C=O) groups is 1. The topological polar surface area (TPSA) is 51.0 Å². The van der Waals surface area contributed by atoms with Gasteiger partial charge in [0.15, 0.2) is 0 Å². The summed E-state index contributed by atoms with van der Waals surface area (Å²) in [5.41, 5.74) is 2.04. The largest absolute Gasteiger partial charge is 0.383 e. The van der Waals surface area contributed by atoms with Crippen molar-refractivity contribution < 1.29 is 9.63 Å². The van der Waals surface area contributed by atoms with Crippen LogP contribution in [0.3, 0.4) is 0 Å².